The summed E-state index contributed by atoms with van der Waals surface area (Å²) in [5.74, 6) is 0.718. The Kier molecular flexibility index (Phi) is 4.94. The number of hydrogen-bond donors (Lipinski definition) is 1. The van der Waals surface area contributed by atoms with Crippen LogP contribution in [0, 0.1) is 0 Å². The van der Waals surface area contributed by atoms with Gasteiger partial charge in [0.2, 0.25) is 0 Å². The van der Waals surface area contributed by atoms with Crippen molar-refractivity contribution >= 4 is 11.7 Å². The zero-order valence-corrected chi connectivity index (χ0v) is 11.0. The van der Waals surface area contributed by atoms with E-state index in [2.05, 4.69) is 24.1 Å². The number of nitrogens with one attached hydrogen (secondary N) is 1. The molecule has 0 aliphatic rings. The Hall–Kier alpha value is -1.58. The number of aromatic nitrogens is 1. The zero-order chi connectivity index (χ0) is 12.8. The summed E-state index contributed by atoms with van der Waals surface area (Å²) in [5, 5.41) is 2.94. The Morgan fingerprint density at radius 2 is 2.18 bits per heavy atom. The maximum Gasteiger partial charge on any atom is 0.272 e. The van der Waals surface area contributed by atoms with E-state index in [0.29, 0.717) is 12.2 Å². The minimum atomic E-state index is -0.000972. The monoisotopic (exact) mass is 235 g/mol. The Labute approximate surface area is 103 Å². The molecule has 1 rings (SSSR count). The van der Waals surface area contributed by atoms with Gasteiger partial charge in [-0.05, 0) is 32.4 Å². The lowest BCUT2D eigenvalue weighted by atomic mass is 10.2. The standard InChI is InChI=1S/C13H21N3O/c1-5-10(3)16(6-2)13(17)11-8-7-9-12(14-4)15-11/h7-10H,5-6H2,1-4H3,(H,14,15). The second kappa shape index (κ2) is 6.23. The topological polar surface area (TPSA) is 45.2 Å². The Morgan fingerprint density at radius 3 is 2.71 bits per heavy atom. The summed E-state index contributed by atoms with van der Waals surface area (Å²) in [4.78, 5) is 18.4. The van der Waals surface area contributed by atoms with Gasteiger partial charge in [-0.2, -0.15) is 0 Å². The van der Waals surface area contributed by atoms with Crippen LogP contribution in [0.4, 0.5) is 5.82 Å². The van der Waals surface area contributed by atoms with E-state index in [4.69, 9.17) is 0 Å². The summed E-state index contributed by atoms with van der Waals surface area (Å²) >= 11 is 0. The second-order valence-corrected chi connectivity index (χ2v) is 4.01. The fraction of sp³-hybridized carbons (Fsp3) is 0.538. The van der Waals surface area contributed by atoms with Gasteiger partial charge in [-0.15, -0.1) is 0 Å². The van der Waals surface area contributed by atoms with Crippen LogP contribution in [-0.4, -0.2) is 35.4 Å². The molecule has 1 atom stereocenters. The Bertz CT molecular complexity index is 379. The predicted octanol–water partition coefficient (Wildman–Crippen LogP) is 2.38. The maximum absolute atomic E-state index is 12.3. The molecule has 4 heteroatoms. The molecule has 1 N–H and O–H groups in total. The van der Waals surface area contributed by atoms with Crippen LogP contribution in [-0.2, 0) is 0 Å². The lowest BCUT2D eigenvalue weighted by Gasteiger charge is -2.26. The first-order valence-corrected chi connectivity index (χ1v) is 6.09. The van der Waals surface area contributed by atoms with Gasteiger partial charge in [0.1, 0.15) is 11.5 Å². The van der Waals surface area contributed by atoms with Crippen molar-refractivity contribution in [2.45, 2.75) is 33.2 Å². The minimum absolute atomic E-state index is 0.000972. The van der Waals surface area contributed by atoms with Gasteiger partial charge in [0.05, 0.1) is 0 Å². The van der Waals surface area contributed by atoms with Crippen molar-refractivity contribution in [1.82, 2.24) is 9.88 Å². The van der Waals surface area contributed by atoms with Crippen LogP contribution >= 0.6 is 0 Å². The number of carbonyl (C=O) groups excluding carboxylic acids is 1. The van der Waals surface area contributed by atoms with Crippen LogP contribution < -0.4 is 5.32 Å². The molecule has 0 aromatic carbocycles. The maximum atomic E-state index is 12.3. The molecule has 0 radical (unpaired) electrons. The molecule has 1 unspecified atom stereocenters. The van der Waals surface area contributed by atoms with Gasteiger partial charge in [0, 0.05) is 19.6 Å². The van der Waals surface area contributed by atoms with Gasteiger partial charge in [-0.1, -0.05) is 13.0 Å². The molecule has 4 nitrogen and oxygen atoms in total. The van der Waals surface area contributed by atoms with E-state index in [9.17, 15) is 4.79 Å². The SMILES string of the molecule is CCC(C)N(CC)C(=O)c1cccc(NC)n1. The summed E-state index contributed by atoms with van der Waals surface area (Å²) in [6, 6.07) is 5.69. The summed E-state index contributed by atoms with van der Waals surface area (Å²) in [6.45, 7) is 6.84. The minimum Gasteiger partial charge on any atom is -0.373 e. The fourth-order valence-electron chi connectivity index (χ4n) is 1.72. The molecule has 1 amide bonds. The first-order chi connectivity index (χ1) is 8.13. The quantitative estimate of drug-likeness (QED) is 0.852. The second-order valence-electron chi connectivity index (χ2n) is 4.01. The third-order valence-electron chi connectivity index (χ3n) is 2.95. The van der Waals surface area contributed by atoms with Crippen molar-refractivity contribution in [2.75, 3.05) is 18.9 Å². The zero-order valence-electron chi connectivity index (χ0n) is 11.0. The lowest BCUT2D eigenvalue weighted by Crippen LogP contribution is -2.38. The average molecular weight is 235 g/mol. The molecule has 0 spiro atoms. The molecule has 0 aliphatic heterocycles. The average Bonchev–Trinajstić information content (AvgIpc) is 2.39. The molecule has 94 valence electrons. The van der Waals surface area contributed by atoms with Crippen molar-refractivity contribution in [3.8, 4) is 0 Å². The van der Waals surface area contributed by atoms with Crippen molar-refractivity contribution in [2.24, 2.45) is 0 Å². The molecular formula is C13H21N3O. The Balaban J connectivity index is 2.93. The molecule has 0 fully saturated rings. The van der Waals surface area contributed by atoms with Crippen LogP contribution in [0.1, 0.15) is 37.7 Å². The van der Waals surface area contributed by atoms with Gasteiger partial charge >= 0.3 is 0 Å². The first-order valence-electron chi connectivity index (χ1n) is 6.09. The normalized spacial score (nSPS) is 12.0. The highest BCUT2D eigenvalue weighted by atomic mass is 16.2. The number of hydrogen-bond acceptors (Lipinski definition) is 3. The number of pyridine rings is 1. The van der Waals surface area contributed by atoms with E-state index >= 15 is 0 Å². The van der Waals surface area contributed by atoms with Crippen molar-refractivity contribution in [3.05, 3.63) is 23.9 Å². The number of nitrogens with zero attached hydrogens (tertiary/aromatic N) is 2. The van der Waals surface area contributed by atoms with Crippen molar-refractivity contribution in [1.29, 1.82) is 0 Å². The first kappa shape index (κ1) is 13.5. The van der Waals surface area contributed by atoms with Crippen LogP contribution in [0.25, 0.3) is 0 Å². The van der Waals surface area contributed by atoms with Crippen LogP contribution in [0.5, 0.6) is 0 Å². The molecule has 1 aromatic heterocycles. The molecule has 17 heavy (non-hydrogen) atoms. The van der Waals surface area contributed by atoms with Gasteiger partial charge in [-0.25, -0.2) is 4.98 Å². The van der Waals surface area contributed by atoms with E-state index in [0.717, 1.165) is 12.2 Å². The largest absolute Gasteiger partial charge is 0.373 e. The summed E-state index contributed by atoms with van der Waals surface area (Å²) in [5.41, 5.74) is 0.499. The summed E-state index contributed by atoms with van der Waals surface area (Å²) < 4.78 is 0. The molecule has 0 saturated carbocycles. The van der Waals surface area contributed by atoms with E-state index < -0.39 is 0 Å². The van der Waals surface area contributed by atoms with Crippen molar-refractivity contribution < 1.29 is 4.79 Å². The van der Waals surface area contributed by atoms with Gasteiger partial charge < -0.3 is 10.2 Å². The van der Waals surface area contributed by atoms with Gasteiger partial charge in [0.15, 0.2) is 0 Å². The third kappa shape index (κ3) is 3.19. The van der Waals surface area contributed by atoms with Crippen LogP contribution in [0.15, 0.2) is 18.2 Å². The lowest BCUT2D eigenvalue weighted by molar-refractivity contribution is 0.0694. The molecular weight excluding hydrogens is 214 g/mol. The molecule has 0 aliphatic carbocycles. The van der Waals surface area contributed by atoms with E-state index in [1.165, 1.54) is 0 Å². The number of amides is 1. The number of anilines is 1. The highest BCUT2D eigenvalue weighted by Gasteiger charge is 2.19. The van der Waals surface area contributed by atoms with Crippen LogP contribution in [0.2, 0.25) is 0 Å². The molecule has 1 aromatic rings. The highest BCUT2D eigenvalue weighted by molar-refractivity contribution is 5.92. The third-order valence-corrected chi connectivity index (χ3v) is 2.95. The summed E-state index contributed by atoms with van der Waals surface area (Å²) in [7, 11) is 1.79. The fourth-order valence-corrected chi connectivity index (χ4v) is 1.72. The predicted molar refractivity (Wildman–Crippen MR) is 70.2 cm³/mol. The summed E-state index contributed by atoms with van der Waals surface area (Å²) in [6.07, 6.45) is 0.950. The molecule has 0 bridgehead atoms. The van der Waals surface area contributed by atoms with E-state index in [1.54, 1.807) is 13.1 Å². The highest BCUT2D eigenvalue weighted by Crippen LogP contribution is 2.11. The molecule has 1 heterocycles. The van der Waals surface area contributed by atoms with E-state index in [1.807, 2.05) is 24.0 Å². The number of carbonyl (C=O) groups is 1. The smallest absolute Gasteiger partial charge is 0.272 e. The van der Waals surface area contributed by atoms with Gasteiger partial charge in [-0.3, -0.25) is 4.79 Å². The van der Waals surface area contributed by atoms with Crippen molar-refractivity contribution in [3.63, 3.8) is 0 Å². The van der Waals surface area contributed by atoms with Gasteiger partial charge in [0.25, 0.3) is 5.91 Å². The Morgan fingerprint density at radius 1 is 1.47 bits per heavy atom. The number of rotatable bonds is 5. The molecule has 0 saturated heterocycles. The van der Waals surface area contributed by atoms with Crippen LogP contribution in [0.3, 0.4) is 0 Å². The van der Waals surface area contributed by atoms with E-state index in [-0.39, 0.29) is 11.9 Å².